The van der Waals surface area contributed by atoms with E-state index in [1.165, 1.54) is 12.8 Å². The molecule has 0 radical (unpaired) electrons. The summed E-state index contributed by atoms with van der Waals surface area (Å²) in [5.41, 5.74) is 3.29. The van der Waals surface area contributed by atoms with Crippen LogP contribution in [0.25, 0.3) is 10.9 Å². The second-order valence-electron chi connectivity index (χ2n) is 6.01. The number of carbonyl (C=O) groups is 1. The quantitative estimate of drug-likeness (QED) is 0.757. The lowest BCUT2D eigenvalue weighted by Gasteiger charge is -2.09. The first-order valence-electron chi connectivity index (χ1n) is 8.01. The standard InChI is InChI=1S/C18H18N4O2/c1-24-17-8-12(13-4-2-3-5-14(13)20-17)10-19-18(23)16-9-15(21-22-16)11-6-7-11/h2-5,8-9,11H,6-7,10H2,1H3,(H,19,23)(H,21,22). The Morgan fingerprint density at radius 1 is 1.33 bits per heavy atom. The van der Waals surface area contributed by atoms with E-state index in [2.05, 4.69) is 20.5 Å². The van der Waals surface area contributed by atoms with Gasteiger partial charge in [-0.15, -0.1) is 0 Å². The van der Waals surface area contributed by atoms with Crippen LogP contribution < -0.4 is 10.1 Å². The molecule has 2 N–H and O–H groups in total. The zero-order valence-corrected chi connectivity index (χ0v) is 13.4. The number of nitrogens with zero attached hydrogens (tertiary/aromatic N) is 2. The number of hydrogen-bond acceptors (Lipinski definition) is 4. The van der Waals surface area contributed by atoms with Crippen LogP contribution in [0.4, 0.5) is 0 Å². The van der Waals surface area contributed by atoms with Gasteiger partial charge in [-0.2, -0.15) is 5.10 Å². The normalized spacial score (nSPS) is 13.9. The first-order valence-corrected chi connectivity index (χ1v) is 8.01. The van der Waals surface area contributed by atoms with E-state index in [0.717, 1.165) is 22.2 Å². The highest BCUT2D eigenvalue weighted by Crippen LogP contribution is 2.38. The SMILES string of the molecule is COc1cc(CNC(=O)c2cc(C3CC3)[nH]n2)c2ccccc2n1. The predicted octanol–water partition coefficient (Wildman–Crippen LogP) is 2.77. The van der Waals surface area contributed by atoms with Gasteiger partial charge in [0, 0.05) is 29.6 Å². The van der Waals surface area contributed by atoms with Crippen molar-refractivity contribution in [3.05, 3.63) is 53.3 Å². The van der Waals surface area contributed by atoms with Crippen LogP contribution in [0.3, 0.4) is 0 Å². The van der Waals surface area contributed by atoms with Gasteiger partial charge in [0.25, 0.3) is 5.91 Å². The Balaban J connectivity index is 1.54. The first-order chi connectivity index (χ1) is 11.7. The number of rotatable bonds is 5. The number of nitrogens with one attached hydrogen (secondary N) is 2. The van der Waals surface area contributed by atoms with E-state index < -0.39 is 0 Å². The molecule has 2 heterocycles. The lowest BCUT2D eigenvalue weighted by molar-refractivity contribution is 0.0946. The molecule has 6 nitrogen and oxygen atoms in total. The van der Waals surface area contributed by atoms with Crippen molar-refractivity contribution in [2.24, 2.45) is 0 Å². The van der Waals surface area contributed by atoms with Gasteiger partial charge in [0.15, 0.2) is 0 Å². The van der Waals surface area contributed by atoms with Crippen LogP contribution in [-0.4, -0.2) is 28.2 Å². The van der Waals surface area contributed by atoms with Crippen LogP contribution in [0.2, 0.25) is 0 Å². The molecule has 0 atom stereocenters. The fourth-order valence-electron chi connectivity index (χ4n) is 2.79. The minimum Gasteiger partial charge on any atom is -0.481 e. The number of methoxy groups -OCH3 is 1. The summed E-state index contributed by atoms with van der Waals surface area (Å²) in [5.74, 6) is 0.902. The molecule has 0 saturated heterocycles. The van der Waals surface area contributed by atoms with Gasteiger partial charge >= 0.3 is 0 Å². The summed E-state index contributed by atoms with van der Waals surface area (Å²) in [7, 11) is 1.59. The van der Waals surface area contributed by atoms with Gasteiger partial charge in [-0.25, -0.2) is 4.98 Å². The van der Waals surface area contributed by atoms with Crippen molar-refractivity contribution in [3.63, 3.8) is 0 Å². The molecule has 0 unspecified atom stereocenters. The van der Waals surface area contributed by atoms with Crippen LogP contribution in [-0.2, 0) is 6.54 Å². The summed E-state index contributed by atoms with van der Waals surface area (Å²) in [6, 6.07) is 11.5. The summed E-state index contributed by atoms with van der Waals surface area (Å²) < 4.78 is 5.25. The van der Waals surface area contributed by atoms with Crippen LogP contribution in [0.1, 0.15) is 40.5 Å². The van der Waals surface area contributed by atoms with Gasteiger partial charge in [0.1, 0.15) is 5.69 Å². The van der Waals surface area contributed by atoms with Crippen LogP contribution in [0, 0.1) is 0 Å². The van der Waals surface area contributed by atoms with E-state index >= 15 is 0 Å². The van der Waals surface area contributed by atoms with Gasteiger partial charge in [0.2, 0.25) is 5.88 Å². The minimum atomic E-state index is -0.182. The van der Waals surface area contributed by atoms with E-state index in [1.807, 2.05) is 36.4 Å². The van der Waals surface area contributed by atoms with Crippen LogP contribution in [0.5, 0.6) is 5.88 Å². The number of para-hydroxylation sites is 1. The third kappa shape index (κ3) is 2.82. The topological polar surface area (TPSA) is 79.9 Å². The maximum atomic E-state index is 12.3. The molecule has 0 spiro atoms. The number of hydrogen-bond donors (Lipinski definition) is 2. The van der Waals surface area contributed by atoms with Gasteiger partial charge < -0.3 is 10.1 Å². The summed E-state index contributed by atoms with van der Waals surface area (Å²) >= 11 is 0. The maximum absolute atomic E-state index is 12.3. The van der Waals surface area contributed by atoms with E-state index in [0.29, 0.717) is 24.0 Å². The summed E-state index contributed by atoms with van der Waals surface area (Å²) in [6.45, 7) is 0.393. The summed E-state index contributed by atoms with van der Waals surface area (Å²) in [6.07, 6.45) is 2.35. The van der Waals surface area contributed by atoms with Crippen LogP contribution in [0.15, 0.2) is 36.4 Å². The second-order valence-corrected chi connectivity index (χ2v) is 6.01. The fraction of sp³-hybridized carbons (Fsp3) is 0.278. The minimum absolute atomic E-state index is 0.182. The number of aromatic nitrogens is 3. The Morgan fingerprint density at radius 2 is 2.17 bits per heavy atom. The van der Waals surface area contributed by atoms with Crippen molar-refractivity contribution in [3.8, 4) is 5.88 Å². The molecule has 4 rings (SSSR count). The van der Waals surface area contributed by atoms with Crippen molar-refractivity contribution in [2.75, 3.05) is 7.11 Å². The maximum Gasteiger partial charge on any atom is 0.272 e. The molecule has 1 fully saturated rings. The molecular formula is C18H18N4O2. The Morgan fingerprint density at radius 3 is 2.96 bits per heavy atom. The Hall–Kier alpha value is -2.89. The second kappa shape index (κ2) is 5.96. The van der Waals surface area contributed by atoms with Crippen molar-refractivity contribution in [1.82, 2.24) is 20.5 Å². The molecule has 122 valence electrons. The van der Waals surface area contributed by atoms with Gasteiger partial charge in [-0.1, -0.05) is 18.2 Å². The number of benzene rings is 1. The van der Waals surface area contributed by atoms with E-state index in [1.54, 1.807) is 7.11 Å². The molecule has 2 aromatic heterocycles. The third-order valence-corrected chi connectivity index (χ3v) is 4.27. The molecule has 1 saturated carbocycles. The monoisotopic (exact) mass is 322 g/mol. The number of ether oxygens (including phenoxy) is 1. The molecular weight excluding hydrogens is 304 g/mol. The molecule has 0 bridgehead atoms. The number of carbonyl (C=O) groups excluding carboxylic acids is 1. The lowest BCUT2D eigenvalue weighted by Crippen LogP contribution is -2.23. The lowest BCUT2D eigenvalue weighted by atomic mass is 10.1. The van der Waals surface area contributed by atoms with Crippen molar-refractivity contribution in [2.45, 2.75) is 25.3 Å². The fourth-order valence-corrected chi connectivity index (χ4v) is 2.79. The Bertz CT molecular complexity index is 899. The molecule has 1 aliphatic carbocycles. The predicted molar refractivity (Wildman–Crippen MR) is 90.0 cm³/mol. The Labute approximate surface area is 139 Å². The first kappa shape index (κ1) is 14.7. The molecule has 24 heavy (non-hydrogen) atoms. The molecule has 0 aliphatic heterocycles. The number of amides is 1. The highest BCUT2D eigenvalue weighted by molar-refractivity contribution is 5.92. The van der Waals surface area contributed by atoms with Gasteiger partial charge in [-0.3, -0.25) is 9.89 Å². The van der Waals surface area contributed by atoms with Crippen LogP contribution >= 0.6 is 0 Å². The summed E-state index contributed by atoms with van der Waals surface area (Å²) in [4.78, 5) is 16.7. The average Bonchev–Trinajstić information content (AvgIpc) is 3.35. The largest absolute Gasteiger partial charge is 0.481 e. The third-order valence-electron chi connectivity index (χ3n) is 4.27. The summed E-state index contributed by atoms with van der Waals surface area (Å²) in [5, 5.41) is 11.0. The highest BCUT2D eigenvalue weighted by atomic mass is 16.5. The molecule has 3 aromatic rings. The van der Waals surface area contributed by atoms with E-state index in [4.69, 9.17) is 4.74 Å². The highest BCUT2D eigenvalue weighted by Gasteiger charge is 2.26. The molecule has 1 aromatic carbocycles. The smallest absolute Gasteiger partial charge is 0.272 e. The van der Waals surface area contributed by atoms with Gasteiger partial charge in [-0.05, 0) is 30.5 Å². The van der Waals surface area contributed by atoms with E-state index in [-0.39, 0.29) is 5.91 Å². The number of H-pyrrole nitrogens is 1. The molecule has 6 heteroatoms. The number of aromatic amines is 1. The van der Waals surface area contributed by atoms with Crippen molar-refractivity contribution in [1.29, 1.82) is 0 Å². The number of fused-ring (bicyclic) bond motifs is 1. The number of pyridine rings is 1. The Kier molecular flexibility index (Phi) is 3.65. The van der Waals surface area contributed by atoms with Gasteiger partial charge in [0.05, 0.1) is 12.6 Å². The zero-order valence-electron chi connectivity index (χ0n) is 13.4. The molecule has 1 aliphatic rings. The van der Waals surface area contributed by atoms with Crippen molar-refractivity contribution < 1.29 is 9.53 Å². The van der Waals surface area contributed by atoms with E-state index in [9.17, 15) is 4.79 Å². The average molecular weight is 322 g/mol. The van der Waals surface area contributed by atoms with Crippen molar-refractivity contribution >= 4 is 16.8 Å². The molecule has 1 amide bonds. The zero-order chi connectivity index (χ0) is 16.5.